The molecular weight excluding hydrogens is 470 g/mol. The zero-order valence-corrected chi connectivity index (χ0v) is 19.1. The molecule has 1 heterocycles. The van der Waals surface area contributed by atoms with Crippen molar-refractivity contribution in [3.63, 3.8) is 0 Å². The summed E-state index contributed by atoms with van der Waals surface area (Å²) in [5.74, 6) is -0.973. The van der Waals surface area contributed by atoms with E-state index in [1.165, 1.54) is 7.11 Å². The number of benzene rings is 3. The summed E-state index contributed by atoms with van der Waals surface area (Å²) in [4.78, 5) is 27.7. The molecule has 162 valence electrons. The molecule has 0 spiro atoms. The van der Waals surface area contributed by atoms with Crippen LogP contribution in [0.5, 0.6) is 5.75 Å². The fraction of sp³-hybridized carbons (Fsp3) is 0.154. The Labute approximate surface area is 195 Å². The maximum atomic E-state index is 13.1. The van der Waals surface area contributed by atoms with Crippen LogP contribution in [0.2, 0.25) is 0 Å². The van der Waals surface area contributed by atoms with Crippen LogP contribution < -0.4 is 4.74 Å². The summed E-state index contributed by atoms with van der Waals surface area (Å²) in [6.45, 7) is 0.348. The van der Waals surface area contributed by atoms with Gasteiger partial charge in [0.2, 0.25) is 0 Å². The molecule has 1 aliphatic rings. The Hall–Kier alpha value is -3.38. The third-order valence-electron chi connectivity index (χ3n) is 5.53. The number of rotatable bonds is 6. The lowest BCUT2D eigenvalue weighted by molar-refractivity contribution is -0.139. The second-order valence-corrected chi connectivity index (χ2v) is 8.43. The Morgan fingerprint density at radius 1 is 1.00 bits per heavy atom. The second kappa shape index (κ2) is 9.40. The molecule has 1 N–H and O–H groups in total. The van der Waals surface area contributed by atoms with Crippen LogP contribution in [0.1, 0.15) is 22.7 Å². The molecule has 0 aromatic heterocycles. The van der Waals surface area contributed by atoms with Crippen LogP contribution in [0, 0.1) is 0 Å². The number of carbonyl (C=O) groups is 2. The number of Topliss-reactive ketones (excluding diaryl/α,β-unsaturated/α-hetero) is 1. The van der Waals surface area contributed by atoms with Crippen LogP contribution in [-0.2, 0) is 16.0 Å². The van der Waals surface area contributed by atoms with Crippen LogP contribution in [0.25, 0.3) is 5.76 Å². The largest absolute Gasteiger partial charge is 0.507 e. The summed E-state index contributed by atoms with van der Waals surface area (Å²) >= 11 is 3.47. The molecule has 3 aromatic carbocycles. The number of carbonyl (C=O) groups excluding carboxylic acids is 2. The fourth-order valence-electron chi connectivity index (χ4n) is 3.95. The number of methoxy groups -OCH3 is 1. The third kappa shape index (κ3) is 4.32. The molecule has 5 nitrogen and oxygen atoms in total. The maximum absolute atomic E-state index is 13.1. The normalized spacial score (nSPS) is 17.6. The maximum Gasteiger partial charge on any atom is 0.295 e. The van der Waals surface area contributed by atoms with Crippen molar-refractivity contribution in [1.82, 2.24) is 4.90 Å². The minimum Gasteiger partial charge on any atom is -0.507 e. The Morgan fingerprint density at radius 2 is 1.75 bits per heavy atom. The number of nitrogens with zero attached hydrogens (tertiary/aromatic N) is 1. The molecule has 1 fully saturated rings. The van der Waals surface area contributed by atoms with Crippen molar-refractivity contribution in [1.29, 1.82) is 0 Å². The van der Waals surface area contributed by atoms with Crippen LogP contribution in [0.4, 0.5) is 0 Å². The number of ether oxygens (including phenoxy) is 1. The van der Waals surface area contributed by atoms with Crippen molar-refractivity contribution >= 4 is 33.4 Å². The summed E-state index contributed by atoms with van der Waals surface area (Å²) in [5.41, 5.74) is 2.31. The first-order valence-electron chi connectivity index (χ1n) is 10.2. The summed E-state index contributed by atoms with van der Waals surface area (Å²) < 4.78 is 6.07. The molecule has 0 bridgehead atoms. The number of likely N-dealkylation sites (tertiary alicyclic amines) is 1. The number of aliphatic hydroxyl groups is 1. The predicted octanol–water partition coefficient (Wildman–Crippen LogP) is 5.12. The van der Waals surface area contributed by atoms with Gasteiger partial charge in [-0.3, -0.25) is 9.59 Å². The first kappa shape index (κ1) is 21.8. The summed E-state index contributed by atoms with van der Waals surface area (Å²) in [7, 11) is 1.53. The van der Waals surface area contributed by atoms with Gasteiger partial charge in [-0.15, -0.1) is 0 Å². The summed E-state index contributed by atoms with van der Waals surface area (Å²) in [6.07, 6.45) is 0.595. The molecule has 0 aliphatic carbocycles. The fourth-order valence-corrected chi connectivity index (χ4v) is 4.37. The zero-order valence-electron chi connectivity index (χ0n) is 17.5. The van der Waals surface area contributed by atoms with Gasteiger partial charge in [-0.05, 0) is 41.8 Å². The average molecular weight is 492 g/mol. The molecule has 1 unspecified atom stereocenters. The number of hydrogen-bond acceptors (Lipinski definition) is 4. The first-order chi connectivity index (χ1) is 15.5. The Morgan fingerprint density at radius 3 is 2.47 bits per heavy atom. The van der Waals surface area contributed by atoms with Gasteiger partial charge in [-0.25, -0.2) is 0 Å². The number of ketones is 1. The van der Waals surface area contributed by atoms with Crippen molar-refractivity contribution < 1.29 is 19.4 Å². The molecule has 1 saturated heterocycles. The van der Waals surface area contributed by atoms with Crippen molar-refractivity contribution in [2.75, 3.05) is 13.7 Å². The first-order valence-corrected chi connectivity index (χ1v) is 11.0. The van der Waals surface area contributed by atoms with E-state index in [-0.39, 0.29) is 11.3 Å². The van der Waals surface area contributed by atoms with Gasteiger partial charge in [0.25, 0.3) is 11.7 Å². The number of aliphatic hydroxyl groups excluding tert-OH is 1. The Balaban J connectivity index is 1.80. The van der Waals surface area contributed by atoms with E-state index < -0.39 is 17.7 Å². The third-order valence-corrected chi connectivity index (χ3v) is 6.03. The molecule has 4 rings (SSSR count). The lowest BCUT2D eigenvalue weighted by Gasteiger charge is -2.25. The smallest absolute Gasteiger partial charge is 0.295 e. The molecular formula is C26H22BrNO4. The van der Waals surface area contributed by atoms with Gasteiger partial charge in [0.1, 0.15) is 11.5 Å². The van der Waals surface area contributed by atoms with E-state index in [9.17, 15) is 14.7 Å². The van der Waals surface area contributed by atoms with Gasteiger partial charge in [0.15, 0.2) is 0 Å². The SMILES string of the molecule is COc1cccc(/C(O)=C2\C(=O)C(=O)N(CCc3ccccc3)C2c2cccc(Br)c2)c1. The van der Waals surface area contributed by atoms with Crippen molar-refractivity contribution in [2.45, 2.75) is 12.5 Å². The molecule has 0 radical (unpaired) electrons. The van der Waals surface area contributed by atoms with E-state index in [4.69, 9.17) is 4.74 Å². The monoisotopic (exact) mass is 491 g/mol. The summed E-state index contributed by atoms with van der Waals surface area (Å²) in [6, 6.07) is 23.4. The lowest BCUT2D eigenvalue weighted by Crippen LogP contribution is -2.31. The van der Waals surface area contributed by atoms with Crippen molar-refractivity contribution in [2.24, 2.45) is 0 Å². The predicted molar refractivity (Wildman–Crippen MR) is 126 cm³/mol. The van der Waals surface area contributed by atoms with Crippen molar-refractivity contribution in [3.8, 4) is 5.75 Å². The van der Waals surface area contributed by atoms with Crippen LogP contribution in [0.15, 0.2) is 88.9 Å². The molecule has 3 aromatic rings. The highest BCUT2D eigenvalue weighted by Gasteiger charge is 2.45. The topological polar surface area (TPSA) is 66.8 Å². The van der Waals surface area contributed by atoms with E-state index >= 15 is 0 Å². The van der Waals surface area contributed by atoms with Gasteiger partial charge < -0.3 is 14.7 Å². The standard InChI is InChI=1S/C26H22BrNO4/c1-32-21-12-6-10-19(16-21)24(29)22-23(18-9-5-11-20(27)15-18)28(26(31)25(22)30)14-13-17-7-3-2-4-8-17/h2-12,15-16,23,29H,13-14H2,1H3/b24-22+. The quantitative estimate of drug-likeness (QED) is 0.295. The van der Waals surface area contributed by atoms with Gasteiger partial charge in [-0.1, -0.05) is 70.5 Å². The Bertz CT molecular complexity index is 1190. The average Bonchev–Trinajstić information content (AvgIpc) is 3.08. The number of halogens is 1. The molecule has 1 atom stereocenters. The van der Waals surface area contributed by atoms with Crippen molar-refractivity contribution in [3.05, 3.63) is 106 Å². The highest BCUT2D eigenvalue weighted by molar-refractivity contribution is 9.10. The summed E-state index contributed by atoms with van der Waals surface area (Å²) in [5, 5.41) is 11.1. The number of hydrogen-bond donors (Lipinski definition) is 1. The van der Waals surface area contributed by atoms with Gasteiger partial charge in [0, 0.05) is 16.6 Å². The van der Waals surface area contributed by atoms with Crippen LogP contribution in [-0.4, -0.2) is 35.4 Å². The minimum atomic E-state index is -0.692. The lowest BCUT2D eigenvalue weighted by atomic mass is 9.95. The van der Waals surface area contributed by atoms with E-state index in [1.807, 2.05) is 54.6 Å². The minimum absolute atomic E-state index is 0.0782. The van der Waals surface area contributed by atoms with Crippen LogP contribution >= 0.6 is 15.9 Å². The van der Waals surface area contributed by atoms with E-state index in [0.717, 1.165) is 15.6 Å². The second-order valence-electron chi connectivity index (χ2n) is 7.52. The molecule has 6 heteroatoms. The molecule has 1 amide bonds. The molecule has 0 saturated carbocycles. The zero-order chi connectivity index (χ0) is 22.7. The van der Waals surface area contributed by atoms with E-state index in [0.29, 0.717) is 24.3 Å². The molecule has 32 heavy (non-hydrogen) atoms. The molecule has 1 aliphatic heterocycles. The highest BCUT2D eigenvalue weighted by atomic mass is 79.9. The van der Waals surface area contributed by atoms with Crippen LogP contribution in [0.3, 0.4) is 0 Å². The van der Waals surface area contributed by atoms with E-state index in [1.54, 1.807) is 29.2 Å². The van der Waals surface area contributed by atoms with Gasteiger partial charge >= 0.3 is 0 Å². The number of amides is 1. The highest BCUT2D eigenvalue weighted by Crippen LogP contribution is 2.40. The van der Waals surface area contributed by atoms with Gasteiger partial charge in [0.05, 0.1) is 18.7 Å². The van der Waals surface area contributed by atoms with E-state index in [2.05, 4.69) is 15.9 Å². The van der Waals surface area contributed by atoms with Gasteiger partial charge in [-0.2, -0.15) is 0 Å². The Kier molecular flexibility index (Phi) is 6.42.